The molecule has 0 spiro atoms. The summed E-state index contributed by atoms with van der Waals surface area (Å²) in [5, 5.41) is 2.96. The summed E-state index contributed by atoms with van der Waals surface area (Å²) in [5.74, 6) is 1.43. The Labute approximate surface area is 124 Å². The van der Waals surface area contributed by atoms with Crippen LogP contribution >= 0.6 is 0 Å². The number of amides is 1. The Morgan fingerprint density at radius 3 is 2.95 bits per heavy atom. The summed E-state index contributed by atoms with van der Waals surface area (Å²) in [4.78, 5) is 23.6. The second-order valence-electron chi connectivity index (χ2n) is 6.08. The predicted octanol–water partition coefficient (Wildman–Crippen LogP) is 2.50. The molecule has 1 aromatic carbocycles. The number of Topliss-reactive ketones (excluding diaryl/α,β-unsaturated/α-hetero) is 1. The predicted molar refractivity (Wildman–Crippen MR) is 79.5 cm³/mol. The van der Waals surface area contributed by atoms with Crippen LogP contribution in [0.15, 0.2) is 18.2 Å². The quantitative estimate of drug-likeness (QED) is 0.905. The molecule has 1 N–H and O–H groups in total. The van der Waals surface area contributed by atoms with E-state index in [4.69, 9.17) is 4.74 Å². The van der Waals surface area contributed by atoms with E-state index in [0.29, 0.717) is 18.1 Å². The van der Waals surface area contributed by atoms with Crippen LogP contribution < -0.4 is 10.1 Å². The zero-order chi connectivity index (χ0) is 14.8. The molecule has 112 valence electrons. The number of ether oxygens (including phenoxy) is 1. The van der Waals surface area contributed by atoms with Crippen molar-refractivity contribution in [3.8, 4) is 5.75 Å². The summed E-state index contributed by atoms with van der Waals surface area (Å²) in [7, 11) is 0. The first-order chi connectivity index (χ1) is 10.1. The molecule has 4 heteroatoms. The molecule has 0 radical (unpaired) electrons. The van der Waals surface area contributed by atoms with E-state index in [1.54, 1.807) is 6.07 Å². The second-order valence-corrected chi connectivity index (χ2v) is 6.08. The molecule has 1 aromatic rings. The fourth-order valence-corrected chi connectivity index (χ4v) is 2.87. The van der Waals surface area contributed by atoms with Gasteiger partial charge in [0.15, 0.2) is 12.4 Å². The lowest BCUT2D eigenvalue weighted by Crippen LogP contribution is -2.37. The first-order valence-corrected chi connectivity index (χ1v) is 7.72. The Kier molecular flexibility index (Phi) is 3.95. The van der Waals surface area contributed by atoms with Crippen molar-refractivity contribution in [3.05, 3.63) is 29.3 Å². The topological polar surface area (TPSA) is 55.4 Å². The minimum absolute atomic E-state index is 0.0315. The van der Waals surface area contributed by atoms with E-state index in [2.05, 4.69) is 5.32 Å². The Balaban J connectivity index is 1.55. The molecule has 0 saturated heterocycles. The van der Waals surface area contributed by atoms with E-state index in [0.717, 1.165) is 24.0 Å². The third-order valence-electron chi connectivity index (χ3n) is 4.31. The van der Waals surface area contributed by atoms with Crippen LogP contribution in [0.5, 0.6) is 5.75 Å². The Morgan fingerprint density at radius 1 is 1.38 bits per heavy atom. The maximum absolute atomic E-state index is 11.8. The van der Waals surface area contributed by atoms with Crippen LogP contribution in [0, 0.1) is 5.92 Å². The van der Waals surface area contributed by atoms with Gasteiger partial charge in [0.05, 0.1) is 0 Å². The van der Waals surface area contributed by atoms with Crippen molar-refractivity contribution in [1.82, 2.24) is 5.32 Å². The van der Waals surface area contributed by atoms with Crippen LogP contribution in [-0.2, 0) is 11.2 Å². The normalized spacial score (nSPS) is 18.8. The lowest BCUT2D eigenvalue weighted by Gasteiger charge is -2.16. The van der Waals surface area contributed by atoms with Gasteiger partial charge in [-0.2, -0.15) is 0 Å². The van der Waals surface area contributed by atoms with Crippen LogP contribution in [0.25, 0.3) is 0 Å². The highest BCUT2D eigenvalue weighted by Crippen LogP contribution is 2.32. The summed E-state index contributed by atoms with van der Waals surface area (Å²) in [6, 6.07) is 5.72. The van der Waals surface area contributed by atoms with E-state index < -0.39 is 0 Å². The SMILES string of the molecule is C[C@@H](NC(=O)COc1ccc2c(c1)CCCC2=O)C1CC1. The van der Waals surface area contributed by atoms with Crippen LogP contribution in [-0.4, -0.2) is 24.3 Å². The maximum Gasteiger partial charge on any atom is 0.258 e. The van der Waals surface area contributed by atoms with Crippen molar-refractivity contribution in [1.29, 1.82) is 0 Å². The highest BCUT2D eigenvalue weighted by molar-refractivity contribution is 5.98. The van der Waals surface area contributed by atoms with Gasteiger partial charge in [0, 0.05) is 18.0 Å². The molecule has 1 atom stereocenters. The molecular weight excluding hydrogens is 266 g/mol. The number of carbonyl (C=O) groups excluding carboxylic acids is 2. The summed E-state index contributed by atoms with van der Waals surface area (Å²) >= 11 is 0. The average Bonchev–Trinajstić information content (AvgIpc) is 3.30. The molecule has 1 fully saturated rings. The van der Waals surface area contributed by atoms with Crippen molar-refractivity contribution in [2.75, 3.05) is 6.61 Å². The summed E-state index contributed by atoms with van der Waals surface area (Å²) < 4.78 is 5.55. The molecular formula is C17H21NO3. The second kappa shape index (κ2) is 5.88. The molecule has 0 unspecified atom stereocenters. The molecule has 2 aliphatic rings. The maximum atomic E-state index is 11.8. The number of rotatable bonds is 5. The molecule has 3 rings (SSSR count). The summed E-state index contributed by atoms with van der Waals surface area (Å²) in [6.45, 7) is 2.07. The number of benzene rings is 1. The largest absolute Gasteiger partial charge is 0.484 e. The average molecular weight is 287 g/mol. The Bertz CT molecular complexity index is 563. The van der Waals surface area contributed by atoms with Gasteiger partial charge in [0.2, 0.25) is 0 Å². The summed E-state index contributed by atoms with van der Waals surface area (Å²) in [5.41, 5.74) is 1.84. The van der Waals surface area contributed by atoms with Gasteiger partial charge in [-0.15, -0.1) is 0 Å². The van der Waals surface area contributed by atoms with Crippen molar-refractivity contribution >= 4 is 11.7 Å². The number of ketones is 1. The summed E-state index contributed by atoms with van der Waals surface area (Å²) in [6.07, 6.45) is 4.86. The van der Waals surface area contributed by atoms with Crippen LogP contribution in [0.2, 0.25) is 0 Å². The number of fused-ring (bicyclic) bond motifs is 1. The van der Waals surface area contributed by atoms with Gasteiger partial charge in [0.25, 0.3) is 5.91 Å². The standard InChI is InChI=1S/C17H21NO3/c1-11(12-5-6-12)18-17(20)10-21-14-7-8-15-13(9-14)3-2-4-16(15)19/h7-9,11-12H,2-6,10H2,1H3,(H,18,20)/t11-/m1/s1. The van der Waals surface area contributed by atoms with Crippen LogP contribution in [0.3, 0.4) is 0 Å². The lowest BCUT2D eigenvalue weighted by molar-refractivity contribution is -0.123. The molecule has 0 bridgehead atoms. The van der Waals surface area contributed by atoms with E-state index >= 15 is 0 Å². The molecule has 0 aliphatic heterocycles. The third kappa shape index (κ3) is 3.43. The van der Waals surface area contributed by atoms with Crippen LogP contribution in [0.4, 0.5) is 0 Å². The highest BCUT2D eigenvalue weighted by atomic mass is 16.5. The van der Waals surface area contributed by atoms with Crippen molar-refractivity contribution in [2.45, 2.75) is 45.1 Å². The molecule has 21 heavy (non-hydrogen) atoms. The first kappa shape index (κ1) is 14.1. The minimum atomic E-state index is -0.0804. The Morgan fingerprint density at radius 2 is 2.19 bits per heavy atom. The smallest absolute Gasteiger partial charge is 0.258 e. The molecule has 2 aliphatic carbocycles. The van der Waals surface area contributed by atoms with Gasteiger partial charge in [-0.1, -0.05) is 0 Å². The number of hydrogen-bond acceptors (Lipinski definition) is 3. The van der Waals surface area contributed by atoms with E-state index in [1.807, 2.05) is 19.1 Å². The number of aryl methyl sites for hydroxylation is 1. The van der Waals surface area contributed by atoms with Crippen molar-refractivity contribution in [3.63, 3.8) is 0 Å². The fraction of sp³-hybridized carbons (Fsp3) is 0.529. The number of carbonyl (C=O) groups is 2. The van der Waals surface area contributed by atoms with Gasteiger partial charge >= 0.3 is 0 Å². The molecule has 4 nitrogen and oxygen atoms in total. The van der Waals surface area contributed by atoms with Gasteiger partial charge in [0.1, 0.15) is 5.75 Å². The molecule has 1 amide bonds. The fourth-order valence-electron chi connectivity index (χ4n) is 2.87. The number of hydrogen-bond donors (Lipinski definition) is 1. The highest BCUT2D eigenvalue weighted by Gasteiger charge is 2.28. The zero-order valence-electron chi connectivity index (χ0n) is 12.4. The van der Waals surface area contributed by atoms with Crippen LogP contribution in [0.1, 0.15) is 48.5 Å². The molecule has 1 saturated carbocycles. The number of nitrogens with one attached hydrogen (secondary N) is 1. The van der Waals surface area contributed by atoms with Crippen molar-refractivity contribution in [2.24, 2.45) is 5.92 Å². The van der Waals surface area contributed by atoms with Gasteiger partial charge in [-0.05, 0) is 62.3 Å². The molecule has 0 aromatic heterocycles. The zero-order valence-corrected chi connectivity index (χ0v) is 12.4. The first-order valence-electron chi connectivity index (χ1n) is 7.72. The van der Waals surface area contributed by atoms with Gasteiger partial charge in [-0.3, -0.25) is 9.59 Å². The van der Waals surface area contributed by atoms with Crippen molar-refractivity contribution < 1.29 is 14.3 Å². The van der Waals surface area contributed by atoms with Gasteiger partial charge < -0.3 is 10.1 Å². The minimum Gasteiger partial charge on any atom is -0.484 e. The molecule has 0 heterocycles. The van der Waals surface area contributed by atoms with Gasteiger partial charge in [-0.25, -0.2) is 0 Å². The van der Waals surface area contributed by atoms with E-state index in [1.165, 1.54) is 12.8 Å². The Hall–Kier alpha value is -1.84. The van der Waals surface area contributed by atoms with E-state index in [9.17, 15) is 9.59 Å². The van der Waals surface area contributed by atoms with E-state index in [-0.39, 0.29) is 24.3 Å². The monoisotopic (exact) mass is 287 g/mol. The lowest BCUT2D eigenvalue weighted by atomic mass is 9.91. The third-order valence-corrected chi connectivity index (χ3v) is 4.31.